The molecular formula is C30H30N4O5. The minimum atomic E-state index is -0.382. The second-order valence-corrected chi connectivity index (χ2v) is 10.7. The van der Waals surface area contributed by atoms with Crippen molar-refractivity contribution in [2.24, 2.45) is 5.41 Å². The highest BCUT2D eigenvalue weighted by Crippen LogP contribution is 2.50. The largest absolute Gasteiger partial charge is 0.497 e. The number of methoxy groups -OCH3 is 3. The van der Waals surface area contributed by atoms with Crippen molar-refractivity contribution in [1.82, 2.24) is 19.6 Å². The van der Waals surface area contributed by atoms with Crippen molar-refractivity contribution in [2.45, 2.75) is 39.0 Å². The molecule has 39 heavy (non-hydrogen) atoms. The van der Waals surface area contributed by atoms with E-state index in [4.69, 9.17) is 29.0 Å². The number of nitrogens with zero attached hydrogens (tertiary/aromatic N) is 4. The Bertz CT molecular complexity index is 1620. The van der Waals surface area contributed by atoms with Gasteiger partial charge in [0.05, 0.1) is 26.9 Å². The van der Waals surface area contributed by atoms with Gasteiger partial charge in [0.15, 0.2) is 28.8 Å². The first-order valence-corrected chi connectivity index (χ1v) is 12.8. The van der Waals surface area contributed by atoms with Gasteiger partial charge in [-0.3, -0.25) is 4.79 Å². The Kier molecular flexibility index (Phi) is 6.01. The Hall–Kier alpha value is -4.40. The second-order valence-electron chi connectivity index (χ2n) is 10.7. The summed E-state index contributed by atoms with van der Waals surface area (Å²) in [7, 11) is 4.85. The number of allylic oxidation sites excluding steroid dienone is 2. The Morgan fingerprint density at radius 3 is 2.49 bits per heavy atom. The Balaban J connectivity index is 1.48. The second kappa shape index (κ2) is 9.41. The molecule has 200 valence electrons. The van der Waals surface area contributed by atoms with Crippen molar-refractivity contribution >= 4 is 11.4 Å². The van der Waals surface area contributed by atoms with Crippen LogP contribution >= 0.6 is 0 Å². The molecule has 0 N–H and O–H groups in total. The molecule has 3 heterocycles. The van der Waals surface area contributed by atoms with Crippen LogP contribution in [0, 0.1) is 5.41 Å². The predicted octanol–water partition coefficient (Wildman–Crippen LogP) is 4.91. The van der Waals surface area contributed by atoms with Crippen LogP contribution in [0.4, 0.5) is 0 Å². The van der Waals surface area contributed by atoms with Crippen LogP contribution in [-0.4, -0.2) is 46.7 Å². The summed E-state index contributed by atoms with van der Waals surface area (Å²) in [5, 5.41) is 4.71. The van der Waals surface area contributed by atoms with Crippen LogP contribution in [0.1, 0.15) is 55.1 Å². The first-order chi connectivity index (χ1) is 18.8. The molecule has 0 bridgehead atoms. The topological polar surface area (TPSA) is 97.1 Å². The normalized spacial score (nSPS) is 17.9. The molecule has 0 saturated heterocycles. The maximum atomic E-state index is 13.6. The van der Waals surface area contributed by atoms with E-state index in [1.807, 2.05) is 42.5 Å². The molecule has 6 rings (SSSR count). The van der Waals surface area contributed by atoms with Crippen molar-refractivity contribution < 1.29 is 23.7 Å². The van der Waals surface area contributed by atoms with E-state index >= 15 is 0 Å². The molecule has 0 saturated carbocycles. The van der Waals surface area contributed by atoms with Crippen LogP contribution < -0.4 is 18.9 Å². The summed E-state index contributed by atoms with van der Waals surface area (Å²) in [6.45, 7) is 4.18. The van der Waals surface area contributed by atoms with Crippen LogP contribution in [0.25, 0.3) is 5.65 Å². The van der Waals surface area contributed by atoms with Gasteiger partial charge in [-0.2, -0.15) is 0 Å². The molecule has 1 atom stereocenters. The fraction of sp³-hybridized carbons (Fsp3) is 0.333. The number of hydrogen-bond donors (Lipinski definition) is 0. The minimum absolute atomic E-state index is 0.0831. The number of ether oxygens (including phenoxy) is 4. The first-order valence-electron chi connectivity index (χ1n) is 12.8. The van der Waals surface area contributed by atoms with Gasteiger partial charge in [0.25, 0.3) is 0 Å². The number of benzene rings is 2. The third-order valence-corrected chi connectivity index (χ3v) is 7.37. The number of carbonyl (C=O) groups is 1. The fourth-order valence-corrected chi connectivity index (χ4v) is 5.57. The molecule has 4 aromatic rings. The van der Waals surface area contributed by atoms with Gasteiger partial charge in [0.1, 0.15) is 17.8 Å². The van der Waals surface area contributed by atoms with E-state index in [0.29, 0.717) is 59.4 Å². The molecule has 0 unspecified atom stereocenters. The van der Waals surface area contributed by atoms with Gasteiger partial charge in [-0.15, -0.1) is 5.10 Å². The Morgan fingerprint density at radius 2 is 1.77 bits per heavy atom. The molecule has 0 spiro atoms. The van der Waals surface area contributed by atoms with Gasteiger partial charge < -0.3 is 18.9 Å². The molecule has 9 nitrogen and oxygen atoms in total. The summed E-state index contributed by atoms with van der Waals surface area (Å²) in [5.74, 6) is 3.50. The SMILES string of the molecule is COc1ccc([C@H]2C3=C(CC(C)(C)CC3=O)Oc3ncn4nc(Cc5ccc(OC)c(OC)c5)nc4c32)cc1. The maximum Gasteiger partial charge on any atom is 0.228 e. The summed E-state index contributed by atoms with van der Waals surface area (Å²) in [4.78, 5) is 23.2. The molecular weight excluding hydrogens is 496 g/mol. The third kappa shape index (κ3) is 4.37. The van der Waals surface area contributed by atoms with Crippen LogP contribution in [-0.2, 0) is 11.2 Å². The highest BCUT2D eigenvalue weighted by atomic mass is 16.5. The lowest BCUT2D eigenvalue weighted by Crippen LogP contribution is -2.33. The van der Waals surface area contributed by atoms with Gasteiger partial charge in [0, 0.05) is 30.8 Å². The smallest absolute Gasteiger partial charge is 0.228 e. The zero-order valence-corrected chi connectivity index (χ0v) is 22.6. The van der Waals surface area contributed by atoms with E-state index in [0.717, 1.165) is 22.4 Å². The Labute approximate surface area is 226 Å². The van der Waals surface area contributed by atoms with E-state index in [1.165, 1.54) is 0 Å². The zero-order chi connectivity index (χ0) is 27.3. The standard InChI is InChI=1S/C30H30N4O5/c1-30(2)14-20(35)26-23(15-30)39-29-27(25(26)18-7-9-19(36-3)10-8-18)28-32-24(33-34(28)16-31-29)13-17-6-11-21(37-4)22(12-17)38-5/h6-12,16,25H,13-15H2,1-5H3/t25-/m0/s1. The number of carbonyl (C=O) groups excluding carboxylic acids is 1. The summed E-state index contributed by atoms with van der Waals surface area (Å²) in [5.41, 5.74) is 3.75. The predicted molar refractivity (Wildman–Crippen MR) is 144 cm³/mol. The van der Waals surface area contributed by atoms with Crippen molar-refractivity contribution in [2.75, 3.05) is 21.3 Å². The number of aromatic nitrogens is 4. The number of ketones is 1. The Morgan fingerprint density at radius 1 is 1.00 bits per heavy atom. The average molecular weight is 527 g/mol. The summed E-state index contributed by atoms with van der Waals surface area (Å²) in [6, 6.07) is 13.5. The number of hydrogen-bond acceptors (Lipinski definition) is 8. The van der Waals surface area contributed by atoms with Crippen LogP contribution in [0.3, 0.4) is 0 Å². The van der Waals surface area contributed by atoms with Gasteiger partial charge in [-0.25, -0.2) is 14.5 Å². The molecule has 9 heteroatoms. The molecule has 0 amide bonds. The molecule has 0 radical (unpaired) electrons. The van der Waals surface area contributed by atoms with E-state index in [2.05, 4.69) is 18.8 Å². The lowest BCUT2D eigenvalue weighted by molar-refractivity contribution is -0.118. The lowest BCUT2D eigenvalue weighted by atomic mass is 9.70. The molecule has 2 aromatic carbocycles. The van der Waals surface area contributed by atoms with E-state index in [9.17, 15) is 4.79 Å². The fourth-order valence-electron chi connectivity index (χ4n) is 5.57. The lowest BCUT2D eigenvalue weighted by Gasteiger charge is -2.37. The molecule has 2 aromatic heterocycles. The highest BCUT2D eigenvalue weighted by Gasteiger charge is 2.44. The maximum absolute atomic E-state index is 13.6. The van der Waals surface area contributed by atoms with Crippen LogP contribution in [0.2, 0.25) is 0 Å². The highest BCUT2D eigenvalue weighted by molar-refractivity contribution is 6.00. The number of rotatable bonds is 6. The average Bonchev–Trinajstić information content (AvgIpc) is 3.33. The van der Waals surface area contributed by atoms with Crippen LogP contribution in [0.5, 0.6) is 23.1 Å². The zero-order valence-electron chi connectivity index (χ0n) is 22.6. The summed E-state index contributed by atoms with van der Waals surface area (Å²) >= 11 is 0. The van der Waals surface area contributed by atoms with Crippen molar-refractivity contribution in [3.05, 3.63) is 82.6 Å². The third-order valence-electron chi connectivity index (χ3n) is 7.37. The summed E-state index contributed by atoms with van der Waals surface area (Å²) in [6.07, 6.45) is 3.20. The number of Topliss-reactive ketones (excluding diaryl/α,β-unsaturated/α-hetero) is 1. The molecule has 2 aliphatic rings. The quantitative estimate of drug-likeness (QED) is 0.350. The molecule has 1 aliphatic carbocycles. The van der Waals surface area contributed by atoms with Crippen LogP contribution in [0.15, 0.2) is 60.1 Å². The monoisotopic (exact) mass is 526 g/mol. The van der Waals surface area contributed by atoms with Gasteiger partial charge in [-0.05, 0) is 40.8 Å². The van der Waals surface area contributed by atoms with Gasteiger partial charge in [-0.1, -0.05) is 32.0 Å². The minimum Gasteiger partial charge on any atom is -0.497 e. The van der Waals surface area contributed by atoms with Gasteiger partial charge in [0.2, 0.25) is 5.88 Å². The molecule has 0 fully saturated rings. The van der Waals surface area contributed by atoms with Crippen molar-refractivity contribution in [1.29, 1.82) is 0 Å². The molecule has 1 aliphatic heterocycles. The van der Waals surface area contributed by atoms with Crippen molar-refractivity contribution in [3.63, 3.8) is 0 Å². The van der Waals surface area contributed by atoms with Gasteiger partial charge >= 0.3 is 0 Å². The van der Waals surface area contributed by atoms with E-state index < -0.39 is 0 Å². The first kappa shape index (κ1) is 24.9. The van der Waals surface area contributed by atoms with E-state index in [1.54, 1.807) is 32.2 Å². The summed E-state index contributed by atoms with van der Waals surface area (Å²) < 4.78 is 24.2. The van der Waals surface area contributed by atoms with Crippen molar-refractivity contribution in [3.8, 4) is 23.1 Å². The van der Waals surface area contributed by atoms with E-state index in [-0.39, 0.29) is 17.1 Å². The number of fused-ring (bicyclic) bond motifs is 3.